The normalized spacial score (nSPS) is 18.6. The predicted molar refractivity (Wildman–Crippen MR) is 70.3 cm³/mol. The second-order valence-electron chi connectivity index (χ2n) is 4.84. The van der Waals surface area contributed by atoms with E-state index in [4.69, 9.17) is 15.2 Å². The first-order valence-corrected chi connectivity index (χ1v) is 6.88. The minimum Gasteiger partial charge on any atom is -0.383 e. The van der Waals surface area contributed by atoms with Crippen LogP contribution in [0.15, 0.2) is 0 Å². The maximum atomic E-state index is 11.4. The summed E-state index contributed by atoms with van der Waals surface area (Å²) in [5, 5.41) is 2.78. The van der Waals surface area contributed by atoms with Crippen LogP contribution in [0.1, 0.15) is 38.5 Å². The van der Waals surface area contributed by atoms with E-state index in [1.165, 1.54) is 39.2 Å². The Labute approximate surface area is 109 Å². The number of carbonyl (C=O) groups excluding carboxylic acids is 1. The van der Waals surface area contributed by atoms with Gasteiger partial charge in [-0.2, -0.15) is 0 Å². The highest BCUT2D eigenvalue weighted by atomic mass is 16.5. The van der Waals surface area contributed by atoms with Crippen molar-refractivity contribution < 1.29 is 14.3 Å². The Hall–Kier alpha value is -0.650. The minimum atomic E-state index is -0.575. The number of carbonyl (C=O) groups is 1. The average Bonchev–Trinajstić information content (AvgIpc) is 2.39. The van der Waals surface area contributed by atoms with Gasteiger partial charge < -0.3 is 20.5 Å². The first-order valence-electron chi connectivity index (χ1n) is 6.88. The fourth-order valence-corrected chi connectivity index (χ4v) is 2.15. The van der Waals surface area contributed by atoms with Crippen LogP contribution in [0.2, 0.25) is 0 Å². The Morgan fingerprint density at radius 1 is 1.39 bits per heavy atom. The summed E-state index contributed by atoms with van der Waals surface area (Å²) in [6.07, 6.45) is 7.55. The van der Waals surface area contributed by atoms with Gasteiger partial charge in [0.2, 0.25) is 5.91 Å². The van der Waals surface area contributed by atoms with Crippen molar-refractivity contribution in [3.8, 4) is 0 Å². The topological polar surface area (TPSA) is 73.6 Å². The molecule has 1 fully saturated rings. The monoisotopic (exact) mass is 258 g/mol. The van der Waals surface area contributed by atoms with E-state index in [-0.39, 0.29) is 12.5 Å². The Kier molecular flexibility index (Phi) is 7.96. The van der Waals surface area contributed by atoms with Crippen LogP contribution in [0, 0.1) is 0 Å². The van der Waals surface area contributed by atoms with Gasteiger partial charge in [-0.3, -0.25) is 4.79 Å². The summed E-state index contributed by atoms with van der Waals surface area (Å²) >= 11 is 0. The molecule has 0 heterocycles. The van der Waals surface area contributed by atoms with Crippen LogP contribution >= 0.6 is 0 Å². The summed E-state index contributed by atoms with van der Waals surface area (Å²) in [6.45, 7) is 1.58. The van der Waals surface area contributed by atoms with E-state index in [0.717, 1.165) is 6.42 Å². The average molecular weight is 258 g/mol. The van der Waals surface area contributed by atoms with Crippen molar-refractivity contribution in [3.63, 3.8) is 0 Å². The van der Waals surface area contributed by atoms with Crippen molar-refractivity contribution in [1.82, 2.24) is 5.32 Å². The van der Waals surface area contributed by atoms with Crippen molar-refractivity contribution >= 4 is 5.91 Å². The highest BCUT2D eigenvalue weighted by molar-refractivity contribution is 5.81. The van der Waals surface area contributed by atoms with E-state index in [0.29, 0.717) is 19.3 Å². The molecule has 1 amide bonds. The molecule has 1 rings (SSSR count). The van der Waals surface area contributed by atoms with E-state index in [1.807, 2.05) is 0 Å². The van der Waals surface area contributed by atoms with Crippen LogP contribution in [0.5, 0.6) is 0 Å². The second kappa shape index (κ2) is 9.30. The lowest BCUT2D eigenvalue weighted by molar-refractivity contribution is -0.123. The maximum absolute atomic E-state index is 11.4. The molecule has 1 saturated carbocycles. The van der Waals surface area contributed by atoms with Crippen molar-refractivity contribution in [3.05, 3.63) is 0 Å². The van der Waals surface area contributed by atoms with Crippen LogP contribution in [0.4, 0.5) is 0 Å². The molecule has 18 heavy (non-hydrogen) atoms. The molecule has 3 N–H and O–H groups in total. The molecule has 1 unspecified atom stereocenters. The lowest BCUT2D eigenvalue weighted by Crippen LogP contribution is -2.43. The minimum absolute atomic E-state index is 0.158. The molecule has 1 atom stereocenters. The Morgan fingerprint density at radius 3 is 2.78 bits per heavy atom. The number of nitrogens with two attached hydrogens (primary N) is 1. The number of hydrogen-bond donors (Lipinski definition) is 2. The van der Waals surface area contributed by atoms with E-state index >= 15 is 0 Å². The lowest BCUT2D eigenvalue weighted by Gasteiger charge is -2.22. The summed E-state index contributed by atoms with van der Waals surface area (Å²) in [6, 6.07) is -0.575. The molecule has 0 aromatic heterocycles. The van der Waals surface area contributed by atoms with Crippen LogP contribution in [0.25, 0.3) is 0 Å². The molecule has 0 aromatic carbocycles. The highest BCUT2D eigenvalue weighted by Gasteiger charge is 2.14. The van der Waals surface area contributed by atoms with Crippen LogP contribution < -0.4 is 11.1 Å². The zero-order valence-electron chi connectivity index (χ0n) is 11.3. The van der Waals surface area contributed by atoms with Crippen molar-refractivity contribution in [2.24, 2.45) is 5.73 Å². The molecule has 5 nitrogen and oxygen atoms in total. The molecule has 1 aliphatic rings. The smallest absolute Gasteiger partial charge is 0.239 e. The van der Waals surface area contributed by atoms with Gasteiger partial charge in [-0.15, -0.1) is 0 Å². The Balaban J connectivity index is 1.95. The molecule has 1 aliphatic carbocycles. The first-order chi connectivity index (χ1) is 8.74. The van der Waals surface area contributed by atoms with Crippen LogP contribution in [0.3, 0.4) is 0 Å². The standard InChI is InChI=1S/C13H26N2O3/c1-17-10-12(14)13(16)15-8-5-9-18-11-6-3-2-4-7-11/h11-12H,2-10,14H2,1H3,(H,15,16). The zero-order chi connectivity index (χ0) is 13.2. The van der Waals surface area contributed by atoms with Gasteiger partial charge in [0.05, 0.1) is 12.7 Å². The van der Waals surface area contributed by atoms with Crippen LogP contribution in [-0.2, 0) is 14.3 Å². The number of amides is 1. The third-order valence-corrected chi connectivity index (χ3v) is 3.21. The van der Waals surface area contributed by atoms with Gasteiger partial charge in [0.25, 0.3) is 0 Å². The van der Waals surface area contributed by atoms with Gasteiger partial charge >= 0.3 is 0 Å². The van der Waals surface area contributed by atoms with Gasteiger partial charge in [0.15, 0.2) is 0 Å². The largest absolute Gasteiger partial charge is 0.383 e. The third-order valence-electron chi connectivity index (χ3n) is 3.21. The molecule has 106 valence electrons. The number of nitrogens with one attached hydrogen (secondary N) is 1. The van der Waals surface area contributed by atoms with Gasteiger partial charge in [-0.25, -0.2) is 0 Å². The summed E-state index contributed by atoms with van der Waals surface area (Å²) in [4.78, 5) is 11.4. The molecule has 0 aliphatic heterocycles. The molecule has 0 aromatic rings. The van der Waals surface area contributed by atoms with Gasteiger partial charge in [0, 0.05) is 20.3 Å². The van der Waals surface area contributed by atoms with Crippen molar-refractivity contribution in [2.75, 3.05) is 26.9 Å². The number of ether oxygens (including phenoxy) is 2. The van der Waals surface area contributed by atoms with Gasteiger partial charge in [-0.1, -0.05) is 19.3 Å². The van der Waals surface area contributed by atoms with Crippen molar-refractivity contribution in [1.29, 1.82) is 0 Å². The quantitative estimate of drug-likeness (QED) is 0.632. The van der Waals surface area contributed by atoms with Gasteiger partial charge in [-0.05, 0) is 19.3 Å². The lowest BCUT2D eigenvalue weighted by atomic mass is 9.98. The molecule has 0 spiro atoms. The molecular formula is C13H26N2O3. The van der Waals surface area contributed by atoms with E-state index < -0.39 is 6.04 Å². The number of rotatable bonds is 8. The fourth-order valence-electron chi connectivity index (χ4n) is 2.15. The fraction of sp³-hybridized carbons (Fsp3) is 0.923. The van der Waals surface area contributed by atoms with E-state index in [2.05, 4.69) is 5.32 Å². The zero-order valence-corrected chi connectivity index (χ0v) is 11.3. The molecular weight excluding hydrogens is 232 g/mol. The van der Waals surface area contributed by atoms with E-state index in [1.54, 1.807) is 0 Å². The van der Waals surface area contributed by atoms with Crippen LogP contribution in [-0.4, -0.2) is 44.9 Å². The van der Waals surface area contributed by atoms with Gasteiger partial charge in [0.1, 0.15) is 6.04 Å². The van der Waals surface area contributed by atoms with E-state index in [9.17, 15) is 4.79 Å². The number of methoxy groups -OCH3 is 1. The predicted octanol–water partition coefficient (Wildman–Crippen LogP) is 0.816. The molecule has 5 heteroatoms. The Morgan fingerprint density at radius 2 is 2.11 bits per heavy atom. The highest BCUT2D eigenvalue weighted by Crippen LogP contribution is 2.20. The first kappa shape index (κ1) is 15.4. The summed E-state index contributed by atoms with van der Waals surface area (Å²) < 4.78 is 10.6. The summed E-state index contributed by atoms with van der Waals surface area (Å²) in [5.41, 5.74) is 5.59. The molecule has 0 saturated heterocycles. The summed E-state index contributed by atoms with van der Waals surface area (Å²) in [5.74, 6) is -0.158. The number of hydrogen-bond acceptors (Lipinski definition) is 4. The SMILES string of the molecule is COCC(N)C(=O)NCCCOC1CCCCC1. The maximum Gasteiger partial charge on any atom is 0.239 e. The Bertz CT molecular complexity index is 230. The molecule has 0 radical (unpaired) electrons. The molecule has 0 bridgehead atoms. The second-order valence-corrected chi connectivity index (χ2v) is 4.84. The third kappa shape index (κ3) is 6.33. The summed E-state index contributed by atoms with van der Waals surface area (Å²) in [7, 11) is 1.53. The van der Waals surface area contributed by atoms with Crippen molar-refractivity contribution in [2.45, 2.75) is 50.7 Å².